The van der Waals surface area contributed by atoms with E-state index in [9.17, 15) is 9.59 Å². The van der Waals surface area contributed by atoms with Crippen LogP contribution in [0.2, 0.25) is 0 Å². The molecule has 44 heavy (non-hydrogen) atoms. The summed E-state index contributed by atoms with van der Waals surface area (Å²) in [5.41, 5.74) is 5.11. The first-order chi connectivity index (χ1) is 21.5. The lowest BCUT2D eigenvalue weighted by atomic mass is 9.70. The van der Waals surface area contributed by atoms with Gasteiger partial charge in [-0.05, 0) is 93.7 Å². The molecule has 0 radical (unpaired) electrons. The monoisotopic (exact) mass is 605 g/mol. The molecule has 3 aromatic carbocycles. The summed E-state index contributed by atoms with van der Waals surface area (Å²) in [5, 5.41) is 0. The van der Waals surface area contributed by atoms with Crippen molar-refractivity contribution < 1.29 is 4.79 Å². The second kappa shape index (κ2) is 11.0. The lowest BCUT2D eigenvalue weighted by molar-refractivity contribution is 0.0608. The van der Waals surface area contributed by atoms with Crippen molar-refractivity contribution in [3.05, 3.63) is 99.4 Å². The van der Waals surface area contributed by atoms with Crippen molar-refractivity contribution in [2.45, 2.75) is 75.4 Å². The second-order valence-electron chi connectivity index (χ2n) is 13.1. The molecule has 226 valence electrons. The molecule has 5 aromatic rings. The van der Waals surface area contributed by atoms with Crippen LogP contribution in [0.25, 0.3) is 21.3 Å². The van der Waals surface area contributed by atoms with E-state index in [0.29, 0.717) is 29.2 Å². The number of fused-ring (bicyclic) bond motifs is 4. The number of amides is 1. The highest BCUT2D eigenvalue weighted by molar-refractivity contribution is 7.16. The molecule has 1 N–H and O–H groups in total. The Hall–Kier alpha value is -3.75. The Bertz CT molecular complexity index is 1870. The van der Waals surface area contributed by atoms with Gasteiger partial charge >= 0.3 is 4.87 Å². The molecule has 2 bridgehead atoms. The van der Waals surface area contributed by atoms with Gasteiger partial charge in [0.2, 0.25) is 0 Å². The number of aromatic nitrogens is 3. The molecule has 8 heteroatoms. The zero-order valence-corrected chi connectivity index (χ0v) is 26.1. The Morgan fingerprint density at radius 2 is 1.66 bits per heavy atom. The summed E-state index contributed by atoms with van der Waals surface area (Å²) in [6.07, 6.45) is 7.95. The minimum atomic E-state index is -0.117. The summed E-state index contributed by atoms with van der Waals surface area (Å²) in [7, 11) is 0. The summed E-state index contributed by atoms with van der Waals surface area (Å²) < 4.78 is 3.36. The molecule has 8 rings (SSSR count). The number of likely N-dealkylation sites (tertiary alicyclic amines) is 1. The number of aryl methyl sites for hydroxylation is 1. The van der Waals surface area contributed by atoms with Gasteiger partial charge in [-0.3, -0.25) is 14.5 Å². The molecule has 3 atom stereocenters. The molecular formula is C36H39N5O2S. The van der Waals surface area contributed by atoms with Crippen molar-refractivity contribution in [2.75, 3.05) is 19.6 Å². The average molecular weight is 606 g/mol. The normalized spacial score (nSPS) is 23.5. The van der Waals surface area contributed by atoms with Gasteiger partial charge in [0.1, 0.15) is 5.82 Å². The number of rotatable bonds is 6. The number of piperidine rings is 2. The van der Waals surface area contributed by atoms with Gasteiger partial charge in [0.25, 0.3) is 5.91 Å². The van der Waals surface area contributed by atoms with Gasteiger partial charge in [-0.1, -0.05) is 59.9 Å². The Morgan fingerprint density at radius 1 is 0.932 bits per heavy atom. The van der Waals surface area contributed by atoms with Crippen molar-refractivity contribution in [1.82, 2.24) is 24.3 Å². The average Bonchev–Trinajstić information content (AvgIpc) is 3.68. The maximum atomic E-state index is 13.7. The zero-order valence-electron chi connectivity index (χ0n) is 25.2. The Labute approximate surface area is 261 Å². The van der Waals surface area contributed by atoms with Crippen LogP contribution in [-0.2, 0) is 5.41 Å². The van der Waals surface area contributed by atoms with Crippen LogP contribution >= 0.6 is 11.3 Å². The molecule has 7 nitrogen and oxygen atoms in total. The molecule has 0 unspecified atom stereocenters. The molecule has 3 saturated heterocycles. The SMILES string of the molecule is Cc1nc2ccccc2n1[C@H]1C[C@H]2CC[C@@H](C1)N2CCC1(c2ccccc2)CCN(C(=O)c2cccc3sc(=O)[nH]c23)CC1. The van der Waals surface area contributed by atoms with Gasteiger partial charge < -0.3 is 14.5 Å². The highest BCUT2D eigenvalue weighted by Gasteiger charge is 2.44. The third-order valence-corrected chi connectivity index (χ3v) is 11.8. The summed E-state index contributed by atoms with van der Waals surface area (Å²) in [6.45, 7) is 4.71. The fourth-order valence-electron chi connectivity index (χ4n) is 8.72. The molecule has 3 aliphatic rings. The van der Waals surface area contributed by atoms with Crippen molar-refractivity contribution in [3.8, 4) is 0 Å². The van der Waals surface area contributed by atoms with E-state index in [2.05, 4.69) is 76.0 Å². The standard InChI is InChI=1S/C36H39N5O2S/c1-24-37-30-11-5-6-12-31(30)41(24)28-22-26-14-15-27(23-28)40(26)21-18-36(25-8-3-2-4-9-25)16-19-39(20-17-36)34(42)29-10-7-13-32-33(29)38-35(43)44-32/h2-13,26-28H,14-23H2,1H3,(H,38,43)/t26-,27+,28+. The number of H-pyrrole nitrogens is 1. The van der Waals surface area contributed by atoms with Gasteiger partial charge in [0.15, 0.2) is 0 Å². The lowest BCUT2D eigenvalue weighted by Gasteiger charge is -2.45. The van der Waals surface area contributed by atoms with Crippen LogP contribution in [0.1, 0.15) is 72.7 Å². The summed E-state index contributed by atoms with van der Waals surface area (Å²) in [6, 6.07) is 27.0. The number of hydrogen-bond acceptors (Lipinski definition) is 5. The van der Waals surface area contributed by atoms with E-state index in [1.54, 1.807) is 0 Å². The number of benzene rings is 3. The van der Waals surface area contributed by atoms with E-state index in [0.717, 1.165) is 66.3 Å². The number of aromatic amines is 1. The zero-order chi connectivity index (χ0) is 29.8. The van der Waals surface area contributed by atoms with Crippen LogP contribution in [-0.4, -0.2) is 62.0 Å². The van der Waals surface area contributed by atoms with Gasteiger partial charge in [-0.15, -0.1) is 0 Å². The number of carbonyl (C=O) groups is 1. The predicted octanol–water partition coefficient (Wildman–Crippen LogP) is 6.68. The molecule has 3 fully saturated rings. The number of para-hydroxylation sites is 3. The van der Waals surface area contributed by atoms with Crippen LogP contribution in [0.4, 0.5) is 0 Å². The molecule has 2 aromatic heterocycles. The Balaban J connectivity index is 0.992. The van der Waals surface area contributed by atoms with Crippen molar-refractivity contribution in [2.24, 2.45) is 0 Å². The predicted molar refractivity (Wildman–Crippen MR) is 177 cm³/mol. The molecule has 1 amide bonds. The van der Waals surface area contributed by atoms with E-state index in [1.165, 1.54) is 36.8 Å². The van der Waals surface area contributed by atoms with Crippen LogP contribution in [0.15, 0.2) is 77.6 Å². The smallest absolute Gasteiger partial charge is 0.305 e. The van der Waals surface area contributed by atoms with E-state index in [1.807, 2.05) is 23.1 Å². The third kappa shape index (κ3) is 4.70. The minimum Gasteiger partial charge on any atom is -0.339 e. The van der Waals surface area contributed by atoms with Gasteiger partial charge in [0.05, 0.1) is 26.8 Å². The fourth-order valence-corrected chi connectivity index (χ4v) is 9.49. The summed E-state index contributed by atoms with van der Waals surface area (Å²) >= 11 is 1.16. The molecule has 0 aliphatic carbocycles. The highest BCUT2D eigenvalue weighted by atomic mass is 32.1. The minimum absolute atomic E-state index is 0.0220. The number of nitrogens with one attached hydrogen (secondary N) is 1. The molecule has 5 heterocycles. The highest BCUT2D eigenvalue weighted by Crippen LogP contribution is 2.45. The van der Waals surface area contributed by atoms with Crippen molar-refractivity contribution in [3.63, 3.8) is 0 Å². The first kappa shape index (κ1) is 27.8. The summed E-state index contributed by atoms with van der Waals surface area (Å²) in [4.78, 5) is 38.2. The number of thiazole rings is 1. The summed E-state index contributed by atoms with van der Waals surface area (Å²) in [5.74, 6) is 1.16. The molecule has 0 saturated carbocycles. The van der Waals surface area contributed by atoms with Crippen molar-refractivity contribution >= 4 is 38.5 Å². The topological polar surface area (TPSA) is 74.2 Å². The quantitative estimate of drug-likeness (QED) is 0.234. The van der Waals surface area contributed by atoms with E-state index in [-0.39, 0.29) is 16.2 Å². The Morgan fingerprint density at radius 3 is 2.43 bits per heavy atom. The molecule has 3 aliphatic heterocycles. The van der Waals surface area contributed by atoms with Gasteiger partial charge in [-0.25, -0.2) is 4.98 Å². The number of carbonyl (C=O) groups excluding carboxylic acids is 1. The Kier molecular flexibility index (Phi) is 6.94. The largest absolute Gasteiger partial charge is 0.339 e. The van der Waals surface area contributed by atoms with E-state index >= 15 is 0 Å². The van der Waals surface area contributed by atoms with Crippen LogP contribution in [0.3, 0.4) is 0 Å². The van der Waals surface area contributed by atoms with Gasteiger partial charge in [-0.2, -0.15) is 0 Å². The molecular weight excluding hydrogens is 566 g/mol. The lowest BCUT2D eigenvalue weighted by Crippen LogP contribution is -2.49. The fraction of sp³-hybridized carbons (Fsp3) is 0.417. The maximum Gasteiger partial charge on any atom is 0.305 e. The number of nitrogens with zero attached hydrogens (tertiary/aromatic N) is 4. The van der Waals surface area contributed by atoms with Gasteiger partial charge in [0, 0.05) is 31.2 Å². The maximum absolute atomic E-state index is 13.7. The van der Waals surface area contributed by atoms with Crippen molar-refractivity contribution in [1.29, 1.82) is 0 Å². The first-order valence-corrected chi connectivity index (χ1v) is 17.0. The van der Waals surface area contributed by atoms with Crippen LogP contribution < -0.4 is 4.87 Å². The number of imidazole rings is 1. The third-order valence-electron chi connectivity index (χ3n) is 10.9. The number of hydrogen-bond donors (Lipinski definition) is 1. The van der Waals surface area contributed by atoms with E-state index in [4.69, 9.17) is 4.98 Å². The second-order valence-corrected chi connectivity index (χ2v) is 14.2. The molecule has 0 spiro atoms. The first-order valence-electron chi connectivity index (χ1n) is 16.2. The van der Waals surface area contributed by atoms with Crippen LogP contribution in [0.5, 0.6) is 0 Å². The van der Waals surface area contributed by atoms with Crippen LogP contribution in [0, 0.1) is 6.92 Å². The van der Waals surface area contributed by atoms with E-state index < -0.39 is 0 Å².